The average Bonchev–Trinajstić information content (AvgIpc) is 2.94. The Morgan fingerprint density at radius 1 is 1.23 bits per heavy atom. The molecule has 0 saturated carbocycles. The van der Waals surface area contributed by atoms with Crippen molar-refractivity contribution in [2.75, 3.05) is 6.61 Å². The molecule has 0 aliphatic rings. The lowest BCUT2D eigenvalue weighted by Gasteiger charge is -2.16. The van der Waals surface area contributed by atoms with E-state index in [0.29, 0.717) is 12.3 Å². The molecule has 0 bridgehead atoms. The van der Waals surface area contributed by atoms with Gasteiger partial charge in [-0.05, 0) is 32.0 Å². The molecule has 0 amide bonds. The van der Waals surface area contributed by atoms with Crippen LogP contribution >= 0.6 is 0 Å². The summed E-state index contributed by atoms with van der Waals surface area (Å²) < 4.78 is 6.91. The van der Waals surface area contributed by atoms with Gasteiger partial charge in [-0.2, -0.15) is 5.10 Å². The SMILES string of the molecule is CCOC(=O)c1cc([Si](C)(C)CC)nn1-c1ccc(C)cc1. The van der Waals surface area contributed by atoms with Crippen molar-refractivity contribution in [1.82, 2.24) is 9.78 Å². The van der Waals surface area contributed by atoms with Crippen molar-refractivity contribution in [2.45, 2.75) is 39.9 Å². The second-order valence-corrected chi connectivity index (χ2v) is 11.1. The van der Waals surface area contributed by atoms with E-state index in [2.05, 4.69) is 20.0 Å². The average molecular weight is 316 g/mol. The Morgan fingerprint density at radius 3 is 2.41 bits per heavy atom. The maximum absolute atomic E-state index is 12.3. The molecule has 0 spiro atoms. The number of hydrogen-bond donors (Lipinski definition) is 0. The third-order valence-corrected chi connectivity index (χ3v) is 7.45. The fraction of sp³-hybridized carbons (Fsp3) is 0.412. The van der Waals surface area contributed by atoms with Gasteiger partial charge in [0, 0.05) is 5.32 Å². The summed E-state index contributed by atoms with van der Waals surface area (Å²) in [4.78, 5) is 12.3. The molecule has 1 aromatic heterocycles. The quantitative estimate of drug-likeness (QED) is 0.628. The smallest absolute Gasteiger partial charge is 0.357 e. The lowest BCUT2D eigenvalue weighted by Crippen LogP contribution is -2.41. The number of aryl methyl sites for hydroxylation is 1. The summed E-state index contributed by atoms with van der Waals surface area (Å²) in [6.45, 7) is 10.9. The molecule has 0 atom stereocenters. The first-order chi connectivity index (χ1) is 10.4. The first kappa shape index (κ1) is 16.5. The molecule has 2 rings (SSSR count). The number of aromatic nitrogens is 2. The first-order valence-electron chi connectivity index (χ1n) is 7.73. The maximum atomic E-state index is 12.3. The number of nitrogens with zero attached hydrogens (tertiary/aromatic N) is 2. The van der Waals surface area contributed by atoms with Crippen molar-refractivity contribution in [3.8, 4) is 5.69 Å². The molecule has 0 aliphatic heterocycles. The summed E-state index contributed by atoms with van der Waals surface area (Å²) in [5.74, 6) is -0.317. The molecule has 1 aromatic carbocycles. The molecule has 118 valence electrons. The second kappa shape index (κ2) is 6.48. The van der Waals surface area contributed by atoms with E-state index in [0.717, 1.165) is 17.0 Å². The highest BCUT2D eigenvalue weighted by Gasteiger charge is 2.28. The van der Waals surface area contributed by atoms with Gasteiger partial charge < -0.3 is 4.74 Å². The van der Waals surface area contributed by atoms with Crippen LogP contribution in [0, 0.1) is 6.92 Å². The number of benzene rings is 1. The van der Waals surface area contributed by atoms with Crippen LogP contribution in [-0.2, 0) is 4.74 Å². The Hall–Kier alpha value is -1.88. The minimum atomic E-state index is -1.62. The van der Waals surface area contributed by atoms with Gasteiger partial charge in [-0.15, -0.1) is 0 Å². The van der Waals surface area contributed by atoms with Crippen LogP contribution in [0.5, 0.6) is 0 Å². The summed E-state index contributed by atoms with van der Waals surface area (Å²) in [5, 5.41) is 5.77. The Bertz CT molecular complexity index is 660. The van der Waals surface area contributed by atoms with Crippen LogP contribution in [0.1, 0.15) is 29.9 Å². The molecule has 0 saturated heterocycles. The Labute approximate surface area is 133 Å². The van der Waals surface area contributed by atoms with Gasteiger partial charge >= 0.3 is 5.97 Å². The van der Waals surface area contributed by atoms with E-state index in [1.165, 1.54) is 5.56 Å². The summed E-state index contributed by atoms with van der Waals surface area (Å²) in [7, 11) is -1.62. The van der Waals surface area contributed by atoms with Crippen LogP contribution in [0.15, 0.2) is 30.3 Å². The van der Waals surface area contributed by atoms with E-state index < -0.39 is 8.07 Å². The molecule has 4 nitrogen and oxygen atoms in total. The fourth-order valence-corrected chi connectivity index (χ4v) is 3.39. The second-order valence-electron chi connectivity index (χ2n) is 6.12. The van der Waals surface area contributed by atoms with Crippen LogP contribution in [0.3, 0.4) is 0 Å². The Kier molecular flexibility index (Phi) is 4.86. The molecule has 0 N–H and O–H groups in total. The van der Waals surface area contributed by atoms with Crippen LogP contribution in [0.25, 0.3) is 5.69 Å². The molecular formula is C17H24N2O2Si. The van der Waals surface area contributed by atoms with Gasteiger partial charge in [0.1, 0.15) is 8.07 Å². The van der Waals surface area contributed by atoms with Gasteiger partial charge in [0.15, 0.2) is 5.69 Å². The number of hydrogen-bond acceptors (Lipinski definition) is 3. The molecule has 0 fully saturated rings. The third-order valence-electron chi connectivity index (χ3n) is 4.05. The zero-order chi connectivity index (χ0) is 16.3. The normalized spacial score (nSPS) is 11.5. The van der Waals surface area contributed by atoms with Crippen molar-refractivity contribution in [3.63, 3.8) is 0 Å². The van der Waals surface area contributed by atoms with Crippen molar-refractivity contribution in [3.05, 3.63) is 41.6 Å². The first-order valence-corrected chi connectivity index (χ1v) is 10.9. The van der Waals surface area contributed by atoms with Crippen molar-refractivity contribution in [2.24, 2.45) is 0 Å². The largest absolute Gasteiger partial charge is 0.461 e. The van der Waals surface area contributed by atoms with E-state index in [9.17, 15) is 4.79 Å². The summed E-state index contributed by atoms with van der Waals surface area (Å²) >= 11 is 0. The lowest BCUT2D eigenvalue weighted by molar-refractivity contribution is 0.0516. The highest BCUT2D eigenvalue weighted by atomic mass is 28.3. The molecule has 1 heterocycles. The van der Waals surface area contributed by atoms with Crippen LogP contribution < -0.4 is 5.32 Å². The summed E-state index contributed by atoms with van der Waals surface area (Å²) in [6, 6.07) is 11.0. The zero-order valence-corrected chi connectivity index (χ0v) is 15.0. The predicted molar refractivity (Wildman–Crippen MR) is 91.9 cm³/mol. The highest BCUT2D eigenvalue weighted by Crippen LogP contribution is 2.15. The highest BCUT2D eigenvalue weighted by molar-refractivity contribution is 6.89. The van der Waals surface area contributed by atoms with Crippen LogP contribution in [0.4, 0.5) is 0 Å². The Balaban J connectivity index is 2.54. The van der Waals surface area contributed by atoms with Crippen molar-refractivity contribution in [1.29, 1.82) is 0 Å². The molecular weight excluding hydrogens is 292 g/mol. The molecule has 0 aliphatic carbocycles. The number of ether oxygens (including phenoxy) is 1. The predicted octanol–water partition coefficient (Wildman–Crippen LogP) is 3.29. The summed E-state index contributed by atoms with van der Waals surface area (Å²) in [6.07, 6.45) is 0. The van der Waals surface area contributed by atoms with Crippen LogP contribution in [-0.4, -0.2) is 30.4 Å². The number of carbonyl (C=O) groups is 1. The van der Waals surface area contributed by atoms with E-state index in [1.54, 1.807) is 4.68 Å². The van der Waals surface area contributed by atoms with Gasteiger partial charge in [0.25, 0.3) is 0 Å². The van der Waals surface area contributed by atoms with Crippen molar-refractivity contribution >= 4 is 19.4 Å². The maximum Gasteiger partial charge on any atom is 0.357 e. The molecule has 5 heteroatoms. The topological polar surface area (TPSA) is 44.1 Å². The van der Waals surface area contributed by atoms with Gasteiger partial charge in [-0.25, -0.2) is 9.48 Å². The monoisotopic (exact) mass is 316 g/mol. The van der Waals surface area contributed by atoms with Gasteiger partial charge in [0.05, 0.1) is 12.3 Å². The van der Waals surface area contributed by atoms with Gasteiger partial charge in [0.2, 0.25) is 0 Å². The van der Waals surface area contributed by atoms with Gasteiger partial charge in [-0.3, -0.25) is 0 Å². The third kappa shape index (κ3) is 3.30. The minimum absolute atomic E-state index is 0.317. The number of carbonyl (C=O) groups excluding carboxylic acids is 1. The van der Waals surface area contributed by atoms with E-state index in [1.807, 2.05) is 44.2 Å². The molecule has 2 aromatic rings. The van der Waals surface area contributed by atoms with E-state index in [4.69, 9.17) is 9.84 Å². The number of rotatable bonds is 5. The molecule has 0 radical (unpaired) electrons. The van der Waals surface area contributed by atoms with E-state index >= 15 is 0 Å². The fourth-order valence-electron chi connectivity index (χ4n) is 2.13. The van der Waals surface area contributed by atoms with Crippen LogP contribution in [0.2, 0.25) is 19.1 Å². The van der Waals surface area contributed by atoms with Crippen molar-refractivity contribution < 1.29 is 9.53 Å². The minimum Gasteiger partial charge on any atom is -0.461 e. The Morgan fingerprint density at radius 2 is 1.86 bits per heavy atom. The molecule has 22 heavy (non-hydrogen) atoms. The number of esters is 1. The molecule has 0 unspecified atom stereocenters. The summed E-state index contributed by atoms with van der Waals surface area (Å²) in [5.41, 5.74) is 2.58. The lowest BCUT2D eigenvalue weighted by atomic mass is 10.2. The van der Waals surface area contributed by atoms with Gasteiger partial charge in [-0.1, -0.05) is 43.8 Å². The van der Waals surface area contributed by atoms with E-state index in [-0.39, 0.29) is 5.97 Å². The standard InChI is InChI=1S/C17H24N2O2Si/c1-6-21-17(20)15-12-16(22(4,5)7-2)18-19(15)14-10-8-13(3)9-11-14/h8-12H,6-7H2,1-5H3. The zero-order valence-electron chi connectivity index (χ0n) is 14.0.